The van der Waals surface area contributed by atoms with E-state index in [1.807, 2.05) is 0 Å². The normalized spacial score (nSPS) is 10.3. The number of carboxylic acid groups (broad SMARTS) is 1. The number of rotatable bonds is 3. The second-order valence-electron chi connectivity index (χ2n) is 3.56. The Balaban J connectivity index is 2.45. The number of hydrogen-bond acceptors (Lipinski definition) is 3. The van der Waals surface area contributed by atoms with Gasteiger partial charge in [-0.2, -0.15) is 0 Å². The fourth-order valence-electron chi connectivity index (χ4n) is 1.43. The van der Waals surface area contributed by atoms with Crippen LogP contribution in [-0.2, 0) is 0 Å². The van der Waals surface area contributed by atoms with Crippen LogP contribution >= 0.6 is 39.1 Å². The minimum absolute atomic E-state index is 0.0243. The van der Waals surface area contributed by atoms with Gasteiger partial charge in [0.25, 0.3) is 0 Å². The van der Waals surface area contributed by atoms with Gasteiger partial charge in [-0.3, -0.25) is 0 Å². The van der Waals surface area contributed by atoms with Gasteiger partial charge in [0.2, 0.25) is 0 Å². The molecule has 0 aliphatic rings. The molecule has 0 aliphatic heterocycles. The van der Waals surface area contributed by atoms with E-state index in [0.29, 0.717) is 15.2 Å². The summed E-state index contributed by atoms with van der Waals surface area (Å²) in [6.07, 6.45) is 0. The van der Waals surface area contributed by atoms with E-state index in [2.05, 4.69) is 26.2 Å². The molecule has 98 valence electrons. The van der Waals surface area contributed by atoms with Crippen molar-refractivity contribution < 1.29 is 9.90 Å². The molecule has 0 amide bonds. The van der Waals surface area contributed by atoms with Gasteiger partial charge in [0.1, 0.15) is 16.5 Å². The molecule has 2 aromatic rings. The first-order chi connectivity index (χ1) is 8.99. The van der Waals surface area contributed by atoms with E-state index in [9.17, 15) is 4.79 Å². The van der Waals surface area contributed by atoms with E-state index in [1.165, 1.54) is 12.1 Å². The Bertz CT molecular complexity index is 650. The van der Waals surface area contributed by atoms with Crippen LogP contribution in [0.3, 0.4) is 0 Å². The number of aromatic carboxylic acids is 1. The maximum atomic E-state index is 11.1. The summed E-state index contributed by atoms with van der Waals surface area (Å²) >= 11 is 15.1. The van der Waals surface area contributed by atoms with E-state index in [-0.39, 0.29) is 16.5 Å². The second kappa shape index (κ2) is 5.77. The topological polar surface area (TPSA) is 62.2 Å². The molecule has 1 heterocycles. The Morgan fingerprint density at radius 1 is 1.26 bits per heavy atom. The van der Waals surface area contributed by atoms with E-state index in [4.69, 9.17) is 28.3 Å². The highest BCUT2D eigenvalue weighted by Gasteiger charge is 2.14. The van der Waals surface area contributed by atoms with Gasteiger partial charge in [-0.15, -0.1) is 0 Å². The Morgan fingerprint density at radius 2 is 2.00 bits per heavy atom. The molecule has 0 bridgehead atoms. The first-order valence-electron chi connectivity index (χ1n) is 5.10. The van der Waals surface area contributed by atoms with Crippen LogP contribution in [0.2, 0.25) is 10.2 Å². The highest BCUT2D eigenvalue weighted by atomic mass is 79.9. The largest absolute Gasteiger partial charge is 0.478 e. The third-order valence-corrected chi connectivity index (χ3v) is 3.90. The van der Waals surface area contributed by atoms with E-state index in [0.717, 1.165) is 0 Å². The van der Waals surface area contributed by atoms with Crippen LogP contribution < -0.4 is 5.32 Å². The quantitative estimate of drug-likeness (QED) is 0.784. The number of pyridine rings is 1. The van der Waals surface area contributed by atoms with Gasteiger partial charge in [-0.25, -0.2) is 9.78 Å². The number of carboxylic acids is 1. The Hall–Kier alpha value is -1.30. The van der Waals surface area contributed by atoms with Gasteiger partial charge in [0, 0.05) is 0 Å². The lowest BCUT2D eigenvalue weighted by Crippen LogP contribution is -2.05. The first kappa shape index (κ1) is 14.1. The maximum absolute atomic E-state index is 11.1. The summed E-state index contributed by atoms with van der Waals surface area (Å²) in [6.45, 7) is 0. The lowest BCUT2D eigenvalue weighted by Gasteiger charge is -2.11. The summed E-state index contributed by atoms with van der Waals surface area (Å²) in [6, 6.07) is 7.99. The average molecular weight is 362 g/mol. The fraction of sp³-hybridized carbons (Fsp3) is 0. The molecule has 0 aliphatic carbocycles. The van der Waals surface area contributed by atoms with Crippen LogP contribution in [0.25, 0.3) is 0 Å². The Labute approximate surface area is 127 Å². The lowest BCUT2D eigenvalue weighted by molar-refractivity contribution is 0.0697. The molecule has 0 fully saturated rings. The van der Waals surface area contributed by atoms with Gasteiger partial charge in [0.15, 0.2) is 0 Å². The molecule has 1 aromatic carbocycles. The minimum atomic E-state index is -1.09. The van der Waals surface area contributed by atoms with E-state index >= 15 is 0 Å². The SMILES string of the molecule is O=C(O)c1ccc(Cl)nc1Nc1cccc(Cl)c1Br. The standard InChI is InChI=1S/C12H7BrCl2N2O2/c13-10-7(14)2-1-3-8(10)16-11-6(12(18)19)4-5-9(15)17-11/h1-5H,(H,16,17)(H,18,19). The van der Waals surface area contributed by atoms with Gasteiger partial charge in [-0.05, 0) is 40.2 Å². The highest BCUT2D eigenvalue weighted by molar-refractivity contribution is 9.10. The smallest absolute Gasteiger partial charge is 0.339 e. The number of nitrogens with zero attached hydrogens (tertiary/aromatic N) is 1. The van der Waals surface area contributed by atoms with Crippen LogP contribution in [0.1, 0.15) is 10.4 Å². The molecule has 19 heavy (non-hydrogen) atoms. The predicted molar refractivity (Wildman–Crippen MR) is 78.6 cm³/mol. The van der Waals surface area contributed by atoms with Crippen LogP contribution in [0, 0.1) is 0 Å². The van der Waals surface area contributed by atoms with Gasteiger partial charge < -0.3 is 10.4 Å². The van der Waals surface area contributed by atoms with Crippen molar-refractivity contribution in [2.24, 2.45) is 0 Å². The molecule has 1 aromatic heterocycles. The van der Waals surface area contributed by atoms with Crippen LogP contribution in [0.15, 0.2) is 34.8 Å². The molecule has 0 unspecified atom stereocenters. The maximum Gasteiger partial charge on any atom is 0.339 e. The van der Waals surface area contributed by atoms with Crippen molar-refractivity contribution in [3.05, 3.63) is 50.5 Å². The molecule has 4 nitrogen and oxygen atoms in total. The number of nitrogens with one attached hydrogen (secondary N) is 1. The van der Waals surface area contributed by atoms with Crippen molar-refractivity contribution in [2.45, 2.75) is 0 Å². The van der Waals surface area contributed by atoms with Crippen molar-refractivity contribution in [2.75, 3.05) is 5.32 Å². The third-order valence-electron chi connectivity index (χ3n) is 2.30. The summed E-state index contributed by atoms with van der Waals surface area (Å²) in [5, 5.41) is 12.7. The van der Waals surface area contributed by atoms with Gasteiger partial charge >= 0.3 is 5.97 Å². The summed E-state index contributed by atoms with van der Waals surface area (Å²) in [4.78, 5) is 15.1. The second-order valence-corrected chi connectivity index (χ2v) is 5.15. The summed E-state index contributed by atoms with van der Waals surface area (Å²) < 4.78 is 0.620. The zero-order chi connectivity index (χ0) is 14.0. The van der Waals surface area contributed by atoms with Crippen LogP contribution in [0.5, 0.6) is 0 Å². The number of benzene rings is 1. The van der Waals surface area contributed by atoms with Crippen molar-refractivity contribution in [3.63, 3.8) is 0 Å². The van der Waals surface area contributed by atoms with E-state index in [1.54, 1.807) is 18.2 Å². The van der Waals surface area contributed by atoms with Gasteiger partial charge in [-0.1, -0.05) is 29.3 Å². The molecule has 7 heteroatoms. The molecule has 2 N–H and O–H groups in total. The number of anilines is 2. The number of aromatic nitrogens is 1. The number of hydrogen-bond donors (Lipinski definition) is 2. The third kappa shape index (κ3) is 3.18. The average Bonchev–Trinajstić information content (AvgIpc) is 2.35. The molecular weight excluding hydrogens is 355 g/mol. The van der Waals surface area contributed by atoms with Crippen LogP contribution in [-0.4, -0.2) is 16.1 Å². The van der Waals surface area contributed by atoms with Crippen molar-refractivity contribution in [3.8, 4) is 0 Å². The fourth-order valence-corrected chi connectivity index (χ4v) is 2.12. The minimum Gasteiger partial charge on any atom is -0.478 e. The molecule has 0 spiro atoms. The zero-order valence-electron chi connectivity index (χ0n) is 9.32. The Morgan fingerprint density at radius 3 is 2.68 bits per heavy atom. The van der Waals surface area contributed by atoms with Crippen molar-refractivity contribution in [1.29, 1.82) is 0 Å². The molecule has 0 saturated heterocycles. The van der Waals surface area contributed by atoms with Crippen molar-refractivity contribution in [1.82, 2.24) is 4.98 Å². The molecular formula is C12H7BrCl2N2O2. The highest BCUT2D eigenvalue weighted by Crippen LogP contribution is 2.32. The van der Waals surface area contributed by atoms with Crippen LogP contribution in [0.4, 0.5) is 11.5 Å². The van der Waals surface area contributed by atoms with Gasteiger partial charge in [0.05, 0.1) is 15.2 Å². The predicted octanol–water partition coefficient (Wildman–Crippen LogP) is 4.59. The lowest BCUT2D eigenvalue weighted by atomic mass is 10.2. The summed E-state index contributed by atoms with van der Waals surface area (Å²) in [5.41, 5.74) is 0.626. The zero-order valence-corrected chi connectivity index (χ0v) is 12.4. The summed E-state index contributed by atoms with van der Waals surface area (Å²) in [5.74, 6) is -0.937. The Kier molecular flexibility index (Phi) is 4.29. The van der Waals surface area contributed by atoms with E-state index < -0.39 is 5.97 Å². The summed E-state index contributed by atoms with van der Waals surface area (Å²) in [7, 11) is 0. The molecule has 0 atom stereocenters. The first-order valence-corrected chi connectivity index (χ1v) is 6.65. The monoisotopic (exact) mass is 360 g/mol. The number of carbonyl (C=O) groups is 1. The molecule has 0 radical (unpaired) electrons. The molecule has 0 saturated carbocycles. The van der Waals surface area contributed by atoms with Crippen molar-refractivity contribution >= 4 is 56.6 Å². The molecule has 2 rings (SSSR count). The number of halogens is 3.